The van der Waals surface area contributed by atoms with Crippen LogP contribution in [0.25, 0.3) is 63.6 Å². The van der Waals surface area contributed by atoms with Crippen LogP contribution >= 0.6 is 34.0 Å². The third-order valence-electron chi connectivity index (χ3n) is 22.2. The van der Waals surface area contributed by atoms with Crippen molar-refractivity contribution in [3.63, 3.8) is 0 Å². The van der Waals surface area contributed by atoms with Gasteiger partial charge in [-0.3, -0.25) is 9.97 Å². The van der Waals surface area contributed by atoms with Crippen LogP contribution in [0.4, 0.5) is 34.9 Å². The number of aromatic nitrogens is 8. The highest BCUT2D eigenvalue weighted by atomic mass is 32.1. The summed E-state index contributed by atoms with van der Waals surface area (Å²) in [7, 11) is 13.1. The maximum Gasteiger partial charge on any atom is 0.176 e. The van der Waals surface area contributed by atoms with Crippen molar-refractivity contribution in [2.45, 2.75) is 163 Å². The largest absolute Gasteiger partial charge is 0.460 e. The van der Waals surface area contributed by atoms with E-state index >= 15 is 0 Å². The zero-order valence-corrected chi connectivity index (χ0v) is 81.8. The Morgan fingerprint density at radius 2 is 0.672 bits per heavy atom. The van der Waals surface area contributed by atoms with E-state index in [9.17, 15) is 0 Å². The van der Waals surface area contributed by atoms with Crippen LogP contribution in [0.3, 0.4) is 0 Å². The molecular formula is C98H152N20OS3. The number of furan rings is 1. The Morgan fingerprint density at radius 3 is 1.13 bits per heavy atom. The van der Waals surface area contributed by atoms with Gasteiger partial charge >= 0.3 is 0 Å². The van der Waals surface area contributed by atoms with E-state index in [1.54, 1.807) is 17.6 Å². The molecule has 6 aliphatic heterocycles. The average Bonchev–Trinajstić information content (AvgIpc) is 1.67. The van der Waals surface area contributed by atoms with Crippen LogP contribution < -0.4 is 29.4 Å². The molecule has 0 aromatic carbocycles. The molecule has 12 aromatic rings. The molecule has 18 heterocycles. The van der Waals surface area contributed by atoms with E-state index < -0.39 is 0 Å². The quantitative estimate of drug-likeness (QED) is 0.114. The van der Waals surface area contributed by atoms with Crippen molar-refractivity contribution < 1.29 is 4.42 Å². The van der Waals surface area contributed by atoms with E-state index in [-0.39, 0.29) is 0 Å². The number of pyridine rings is 8. The molecule has 6 saturated heterocycles. The van der Waals surface area contributed by atoms with Crippen LogP contribution in [0.15, 0.2) is 124 Å². The van der Waals surface area contributed by atoms with E-state index in [0.29, 0.717) is 0 Å². The minimum atomic E-state index is 0.928. The maximum atomic E-state index is 5.61. The number of fused-ring (bicyclic) bond motifs is 6. The van der Waals surface area contributed by atoms with Crippen LogP contribution in [-0.4, -0.2) is 269 Å². The van der Waals surface area contributed by atoms with Crippen molar-refractivity contribution in [2.24, 2.45) is 0 Å². The number of hydrogen-bond donors (Lipinski definition) is 0. The van der Waals surface area contributed by atoms with Gasteiger partial charge in [-0.05, 0) is 181 Å². The Bertz CT molecular complexity index is 4390. The summed E-state index contributed by atoms with van der Waals surface area (Å²) in [5, 5.41) is 18.9. The van der Waals surface area contributed by atoms with Crippen LogP contribution in [0, 0.1) is 0 Å². The Kier molecular flexibility index (Phi) is 44.4. The first-order valence-corrected chi connectivity index (χ1v) is 48.9. The molecule has 0 bridgehead atoms. The Hall–Kier alpha value is -8.30. The van der Waals surface area contributed by atoms with Crippen molar-refractivity contribution in [2.75, 3.05) is 229 Å². The minimum Gasteiger partial charge on any atom is -0.460 e. The average molecular weight is 1720 g/mol. The molecule has 0 radical (unpaired) electrons. The predicted molar refractivity (Wildman–Crippen MR) is 535 cm³/mol. The molecular weight excluding hydrogens is 1570 g/mol. The third-order valence-corrected chi connectivity index (χ3v) is 24.8. The number of thiophene rings is 3. The van der Waals surface area contributed by atoms with Gasteiger partial charge in [0.25, 0.3) is 0 Å². The molecule has 0 unspecified atom stereocenters. The Morgan fingerprint density at radius 1 is 0.311 bits per heavy atom. The third kappa shape index (κ3) is 27.8. The fourth-order valence-electron chi connectivity index (χ4n) is 14.9. The van der Waals surface area contributed by atoms with Gasteiger partial charge in [-0.2, -0.15) is 11.3 Å². The van der Waals surface area contributed by atoms with Gasteiger partial charge in [-0.25, -0.2) is 29.9 Å². The fourth-order valence-corrected chi connectivity index (χ4v) is 17.4. The zero-order chi connectivity index (χ0) is 88.6. The number of anilines is 6. The number of nitrogens with zero attached hydrogens (tertiary/aromatic N) is 20. The summed E-state index contributed by atoms with van der Waals surface area (Å²) in [5.41, 5.74) is 9.01. The highest BCUT2D eigenvalue weighted by molar-refractivity contribution is 7.18. The monoisotopic (exact) mass is 1720 g/mol. The molecule has 21 nitrogen and oxygen atoms in total. The first kappa shape index (κ1) is 101. The second-order valence-electron chi connectivity index (χ2n) is 30.0. The normalized spacial score (nSPS) is 16.0. The summed E-state index contributed by atoms with van der Waals surface area (Å²) in [6.45, 7) is 63.0. The van der Waals surface area contributed by atoms with Gasteiger partial charge in [0.05, 0.1) is 16.5 Å². The first-order chi connectivity index (χ1) is 59.7. The van der Waals surface area contributed by atoms with Crippen molar-refractivity contribution in [3.05, 3.63) is 153 Å². The van der Waals surface area contributed by atoms with Crippen LogP contribution in [0.5, 0.6) is 0 Å². The summed E-state index contributed by atoms with van der Waals surface area (Å²) in [5.74, 6) is 6.84. The fraction of sp³-hybridized carbons (Fsp3) is 0.551. The lowest BCUT2D eigenvalue weighted by Crippen LogP contribution is -2.45. The van der Waals surface area contributed by atoms with Crippen molar-refractivity contribution in [3.8, 4) is 0 Å². The van der Waals surface area contributed by atoms with E-state index in [2.05, 4.69) is 235 Å². The van der Waals surface area contributed by atoms with Crippen LogP contribution in [0.1, 0.15) is 159 Å². The standard InChI is InChI=1S/2C15H20N4.C14H19N3O.3C14H19N3S.6C2H6/c1-3-13-10-12-11-16-5-4-14(12)15(17-13)19-8-6-18(2)7-9-19;1-3-12-11-14-13(5-4-6-16-14)15(17-12)19-9-7-18(2)8-10-19;2*1-3-12-10-11-4-9-18-13(11)14(15-12)17-7-5-16(2)6-8-17;1-3-11-10-13-12(4-9-18-13)14(15-11)17-7-5-16(2)6-8-17;1-3-12-8-11-9-18-10-13(11)14(15-12)17-6-4-16(2)5-7-17;6*1-2/h4-5,10-11H,3,6-9H2,1-2H3;4-6,11H,3,7-10H2,1-2H3;3*4,9-10H,3,5-8H2,1-2H3;8-10H,3-7H2,1-2H3;6*1-2H3. The smallest absolute Gasteiger partial charge is 0.176 e. The molecule has 18 rings (SSSR count). The number of rotatable bonds is 12. The number of likely N-dealkylation sites (N-methyl/N-ethyl adjacent to an activating group) is 6. The molecule has 0 N–H and O–H groups in total. The van der Waals surface area contributed by atoms with Gasteiger partial charge in [0, 0.05) is 252 Å². The van der Waals surface area contributed by atoms with Crippen molar-refractivity contribution in [1.82, 2.24) is 69.3 Å². The molecule has 668 valence electrons. The lowest BCUT2D eigenvalue weighted by Gasteiger charge is -2.34. The molecule has 122 heavy (non-hydrogen) atoms. The number of aryl methyl sites for hydroxylation is 6. The number of piperazine rings is 6. The van der Waals surface area contributed by atoms with Crippen LogP contribution in [0.2, 0.25) is 0 Å². The number of hydrogen-bond acceptors (Lipinski definition) is 24. The Labute approximate surface area is 746 Å². The lowest BCUT2D eigenvalue weighted by atomic mass is 10.1. The van der Waals surface area contributed by atoms with Gasteiger partial charge in [-0.1, -0.05) is 125 Å². The van der Waals surface area contributed by atoms with E-state index in [0.717, 1.165) is 247 Å². The molecule has 6 fully saturated rings. The van der Waals surface area contributed by atoms with Gasteiger partial charge in [-0.15, -0.1) is 22.7 Å². The SMILES string of the molecule is CC.CC.CC.CC.CC.CC.CCc1cc2ccoc2c(N2CCN(C)CC2)n1.CCc1cc2ccsc2c(N2CCN(C)CC2)n1.CCc1cc2cnccc2c(N2CCN(C)CC2)n1.CCc1cc2cscc2c(N2CCN(C)CC2)n1.CCc1cc2ncccc2c(N2CCN(C)CC2)n1.CCc1cc2sccc2c(N2CCN(C)CC2)n1. The summed E-state index contributed by atoms with van der Waals surface area (Å²) in [6.07, 6.45) is 13.3. The van der Waals surface area contributed by atoms with E-state index in [1.165, 1.54) is 81.6 Å². The van der Waals surface area contributed by atoms with Gasteiger partial charge < -0.3 is 63.2 Å². The molecule has 0 aliphatic carbocycles. The van der Waals surface area contributed by atoms with Crippen molar-refractivity contribution in [1.29, 1.82) is 0 Å². The second kappa shape index (κ2) is 53.8. The highest BCUT2D eigenvalue weighted by Gasteiger charge is 2.26. The van der Waals surface area contributed by atoms with Crippen LogP contribution in [-0.2, 0) is 38.5 Å². The molecule has 12 aromatic heterocycles. The molecule has 0 atom stereocenters. The summed E-state index contributed by atoms with van der Waals surface area (Å²) < 4.78 is 8.33. The zero-order valence-electron chi connectivity index (χ0n) is 79.3. The molecule has 24 heteroatoms. The Balaban J connectivity index is 0.000000196. The summed E-state index contributed by atoms with van der Waals surface area (Å²) in [6, 6.07) is 25.7. The maximum absolute atomic E-state index is 5.61. The minimum absolute atomic E-state index is 0.928. The lowest BCUT2D eigenvalue weighted by molar-refractivity contribution is 0.312. The van der Waals surface area contributed by atoms with E-state index in [4.69, 9.17) is 34.3 Å². The molecule has 6 aliphatic rings. The summed E-state index contributed by atoms with van der Waals surface area (Å²) >= 11 is 5.40. The first-order valence-electron chi connectivity index (χ1n) is 46.2. The summed E-state index contributed by atoms with van der Waals surface area (Å²) in [4.78, 5) is 66.4. The molecule has 0 amide bonds. The highest BCUT2D eigenvalue weighted by Crippen LogP contribution is 2.36. The van der Waals surface area contributed by atoms with Gasteiger partial charge in [0.2, 0.25) is 0 Å². The molecule has 0 saturated carbocycles. The predicted octanol–water partition coefficient (Wildman–Crippen LogP) is 20.0. The molecule has 0 spiro atoms. The second-order valence-corrected chi connectivity index (χ2v) is 32.6. The van der Waals surface area contributed by atoms with Crippen molar-refractivity contribution >= 4 is 133 Å². The topological polar surface area (TPSA) is 155 Å². The van der Waals surface area contributed by atoms with E-state index in [1.807, 2.05) is 136 Å². The van der Waals surface area contributed by atoms with Gasteiger partial charge in [0.15, 0.2) is 11.4 Å². The van der Waals surface area contributed by atoms with Gasteiger partial charge in [0.1, 0.15) is 29.1 Å².